The van der Waals surface area contributed by atoms with Crippen LogP contribution in [0, 0.1) is 5.82 Å². The van der Waals surface area contributed by atoms with Gasteiger partial charge in [0.2, 0.25) is 27.6 Å². The van der Waals surface area contributed by atoms with E-state index in [1.807, 2.05) is 0 Å². The van der Waals surface area contributed by atoms with E-state index in [-0.39, 0.29) is 47.4 Å². The van der Waals surface area contributed by atoms with E-state index in [2.05, 4.69) is 24.9 Å². The van der Waals surface area contributed by atoms with Crippen LogP contribution in [-0.2, 0) is 36.0 Å². The van der Waals surface area contributed by atoms with Crippen LogP contribution in [0.15, 0.2) is 51.4 Å². The molecule has 0 N–H and O–H groups in total. The monoisotopic (exact) mass is 529 g/mol. The summed E-state index contributed by atoms with van der Waals surface area (Å²) in [5.41, 5.74) is 0.949. The molecule has 2 heterocycles. The molecule has 4 rings (SSSR count). The molecule has 2 aromatic carbocycles. The van der Waals surface area contributed by atoms with Gasteiger partial charge in [-0.15, -0.1) is 10.2 Å². The Hall–Kier alpha value is -3.72. The van der Waals surface area contributed by atoms with Gasteiger partial charge in [0.25, 0.3) is 0 Å². The lowest BCUT2D eigenvalue weighted by Gasteiger charge is -2.20. The number of alkyl halides is 4. The zero-order chi connectivity index (χ0) is 26.1. The number of aromatic nitrogens is 4. The molecule has 2 aromatic heterocycles. The highest BCUT2D eigenvalue weighted by Gasteiger charge is 2.38. The van der Waals surface area contributed by atoms with Crippen molar-refractivity contribution in [2.45, 2.75) is 25.9 Å². The Labute approximate surface area is 200 Å². The van der Waals surface area contributed by atoms with Crippen molar-refractivity contribution in [1.82, 2.24) is 24.6 Å². The number of benzene rings is 2. The molecule has 0 bridgehead atoms. The van der Waals surface area contributed by atoms with Gasteiger partial charge in [-0.2, -0.15) is 22.5 Å². The Morgan fingerprint density at radius 2 is 1.69 bits per heavy atom. The molecule has 0 fully saturated rings. The highest BCUT2D eigenvalue weighted by molar-refractivity contribution is 7.88. The molecule has 15 heteroatoms. The summed E-state index contributed by atoms with van der Waals surface area (Å²) in [6, 6.07) is 9.63. The smallest absolute Gasteiger partial charge is 0.418 e. The second-order valence-corrected chi connectivity index (χ2v) is 9.57. The average molecular weight is 529 g/mol. The van der Waals surface area contributed by atoms with Crippen molar-refractivity contribution in [2.75, 3.05) is 6.26 Å². The molecule has 0 atom stereocenters. The second kappa shape index (κ2) is 9.73. The minimum absolute atomic E-state index is 0.0532. The first-order chi connectivity index (χ1) is 16.9. The number of hydrogen-bond donors (Lipinski definition) is 0. The summed E-state index contributed by atoms with van der Waals surface area (Å²) in [6.45, 7) is -1.43. The van der Waals surface area contributed by atoms with Crippen LogP contribution in [0.3, 0.4) is 0 Å². The Balaban J connectivity index is 1.51. The molecule has 190 valence electrons. The summed E-state index contributed by atoms with van der Waals surface area (Å²) in [5, 5.41) is 10.4. The van der Waals surface area contributed by atoms with Crippen LogP contribution in [0.4, 0.5) is 22.0 Å². The highest BCUT2D eigenvalue weighted by atomic mass is 32.2. The summed E-state index contributed by atoms with van der Waals surface area (Å²) in [5.74, 6) is -2.86. The van der Waals surface area contributed by atoms with Crippen LogP contribution in [0.1, 0.15) is 22.9 Å². The summed E-state index contributed by atoms with van der Waals surface area (Å²) in [7, 11) is -3.80. The van der Waals surface area contributed by atoms with Crippen molar-refractivity contribution < 1.29 is 39.3 Å². The summed E-state index contributed by atoms with van der Waals surface area (Å²) >= 11 is 0. The van der Waals surface area contributed by atoms with Gasteiger partial charge in [0.05, 0.1) is 6.26 Å². The molecule has 36 heavy (non-hydrogen) atoms. The van der Waals surface area contributed by atoms with Crippen LogP contribution < -0.4 is 0 Å². The first-order valence-corrected chi connectivity index (χ1v) is 11.9. The highest BCUT2D eigenvalue weighted by Crippen LogP contribution is 2.29. The fourth-order valence-electron chi connectivity index (χ4n) is 3.13. The van der Waals surface area contributed by atoms with Gasteiger partial charge in [-0.3, -0.25) is 0 Å². The van der Waals surface area contributed by atoms with E-state index in [0.29, 0.717) is 5.56 Å². The molecule has 9 nitrogen and oxygen atoms in total. The molecule has 0 saturated heterocycles. The summed E-state index contributed by atoms with van der Waals surface area (Å²) in [4.78, 5) is 3.30. The van der Waals surface area contributed by atoms with Crippen molar-refractivity contribution in [3.05, 3.63) is 71.2 Å². The molecule has 0 aliphatic heterocycles. The van der Waals surface area contributed by atoms with Gasteiger partial charge in [-0.1, -0.05) is 35.5 Å². The number of halogens is 5. The molecule has 0 unspecified atom stereocenters. The number of sulfonamides is 1. The fraction of sp³-hybridized carbons (Fsp3) is 0.238. The molecule has 0 amide bonds. The fourth-order valence-corrected chi connectivity index (χ4v) is 3.89. The molecule has 4 aromatic rings. The second-order valence-electron chi connectivity index (χ2n) is 7.59. The Morgan fingerprint density at radius 1 is 1.00 bits per heavy atom. The minimum Gasteiger partial charge on any atom is -0.418 e. The first kappa shape index (κ1) is 25.4. The van der Waals surface area contributed by atoms with Gasteiger partial charge in [0.1, 0.15) is 5.82 Å². The van der Waals surface area contributed by atoms with Crippen LogP contribution in [0.5, 0.6) is 0 Å². The lowest BCUT2D eigenvalue weighted by molar-refractivity contribution is -0.159. The van der Waals surface area contributed by atoms with E-state index in [0.717, 1.165) is 16.6 Å². The SMILES string of the molecule is CS(=O)(=O)N(Cc1ccc(-c2noc(C(F)(F)F)n2)cc1)Cc1ccc(-c2nnc(CF)o2)cc1F. The maximum Gasteiger partial charge on any atom is 0.471 e. The lowest BCUT2D eigenvalue weighted by atomic mass is 10.1. The minimum atomic E-state index is -4.78. The number of hydrogen-bond acceptors (Lipinski definition) is 8. The summed E-state index contributed by atoms with van der Waals surface area (Å²) < 4.78 is 100. The third-order valence-corrected chi connectivity index (χ3v) is 6.13. The molecule has 0 aliphatic rings. The van der Waals surface area contributed by atoms with E-state index >= 15 is 0 Å². The predicted molar refractivity (Wildman–Crippen MR) is 113 cm³/mol. The molecular weight excluding hydrogens is 513 g/mol. The van der Waals surface area contributed by atoms with E-state index < -0.39 is 34.6 Å². The maximum absolute atomic E-state index is 14.8. The standard InChI is InChI=1S/C21H16F5N5O4S/c1-36(32,33)31(11-15-7-6-14(8-16(15)23)19-29-28-17(9-22)34-19)10-12-2-4-13(5-3-12)18-27-20(35-30-18)21(24,25)26/h2-8H,9-11H2,1H3. The number of rotatable bonds is 8. The third kappa shape index (κ3) is 5.73. The van der Waals surface area contributed by atoms with Crippen LogP contribution in [-0.4, -0.2) is 39.3 Å². The van der Waals surface area contributed by atoms with E-state index in [1.54, 1.807) is 0 Å². The van der Waals surface area contributed by atoms with E-state index in [9.17, 15) is 30.4 Å². The van der Waals surface area contributed by atoms with Crippen molar-refractivity contribution >= 4 is 10.0 Å². The molecule has 0 radical (unpaired) electrons. The van der Waals surface area contributed by atoms with Crippen molar-refractivity contribution in [3.63, 3.8) is 0 Å². The van der Waals surface area contributed by atoms with Crippen LogP contribution in [0.25, 0.3) is 22.8 Å². The third-order valence-electron chi connectivity index (χ3n) is 4.94. The van der Waals surface area contributed by atoms with Crippen LogP contribution in [0.2, 0.25) is 0 Å². The molecule has 0 saturated carbocycles. The van der Waals surface area contributed by atoms with Crippen LogP contribution >= 0.6 is 0 Å². The Kier molecular flexibility index (Phi) is 6.86. The Morgan fingerprint density at radius 3 is 2.25 bits per heavy atom. The predicted octanol–water partition coefficient (Wildman–Crippen LogP) is 4.38. The quantitative estimate of drug-likeness (QED) is 0.309. The molecule has 0 aliphatic carbocycles. The van der Waals surface area contributed by atoms with Gasteiger partial charge in [-0.05, 0) is 17.7 Å². The van der Waals surface area contributed by atoms with Gasteiger partial charge >= 0.3 is 12.1 Å². The number of nitrogens with zero attached hydrogens (tertiary/aromatic N) is 5. The largest absolute Gasteiger partial charge is 0.471 e. The zero-order valence-corrected chi connectivity index (χ0v) is 19.1. The molecule has 0 spiro atoms. The zero-order valence-electron chi connectivity index (χ0n) is 18.3. The van der Waals surface area contributed by atoms with Gasteiger partial charge < -0.3 is 8.94 Å². The molecular formula is C21H16F5N5O4S. The van der Waals surface area contributed by atoms with Gasteiger partial charge in [-0.25, -0.2) is 17.2 Å². The van der Waals surface area contributed by atoms with Crippen molar-refractivity contribution in [2.24, 2.45) is 0 Å². The van der Waals surface area contributed by atoms with Gasteiger partial charge in [0, 0.05) is 29.8 Å². The van der Waals surface area contributed by atoms with Crippen molar-refractivity contribution in [1.29, 1.82) is 0 Å². The average Bonchev–Trinajstić information content (AvgIpc) is 3.50. The summed E-state index contributed by atoms with van der Waals surface area (Å²) in [6.07, 6.45) is -3.82. The maximum atomic E-state index is 14.8. The lowest BCUT2D eigenvalue weighted by Crippen LogP contribution is -2.29. The van der Waals surface area contributed by atoms with Gasteiger partial charge in [0.15, 0.2) is 6.67 Å². The van der Waals surface area contributed by atoms with E-state index in [4.69, 9.17) is 4.42 Å². The van der Waals surface area contributed by atoms with Crippen molar-refractivity contribution in [3.8, 4) is 22.8 Å². The normalized spacial score (nSPS) is 12.4. The first-order valence-electron chi connectivity index (χ1n) is 10.1. The Bertz CT molecular complexity index is 1470. The topological polar surface area (TPSA) is 115 Å². The van der Waals surface area contributed by atoms with E-state index in [1.165, 1.54) is 36.4 Å².